The Morgan fingerprint density at radius 2 is 2.08 bits per heavy atom. The van der Waals surface area contributed by atoms with Gasteiger partial charge in [-0.3, -0.25) is 9.69 Å². The van der Waals surface area contributed by atoms with Gasteiger partial charge in [0.15, 0.2) is 11.5 Å². The number of amides is 1. The van der Waals surface area contributed by atoms with Crippen LogP contribution in [0.5, 0.6) is 0 Å². The molecule has 0 spiro atoms. The molecule has 0 aromatic heterocycles. The molecular formula is C18H28N4O2. The monoisotopic (exact) mass is 332 g/mol. The van der Waals surface area contributed by atoms with E-state index in [1.807, 2.05) is 18.2 Å². The van der Waals surface area contributed by atoms with E-state index in [4.69, 9.17) is 16.2 Å². The largest absolute Gasteiger partial charge is 0.402 e. The number of rotatable bonds is 5. The van der Waals surface area contributed by atoms with Crippen molar-refractivity contribution in [3.8, 4) is 0 Å². The number of nitrogens with two attached hydrogens (primary N) is 2. The van der Waals surface area contributed by atoms with Crippen LogP contribution in [0, 0.1) is 5.92 Å². The Balaban J connectivity index is 1.71. The molecule has 1 heterocycles. The lowest BCUT2D eigenvalue weighted by Crippen LogP contribution is -2.47. The Bertz CT molecular complexity index is 578. The van der Waals surface area contributed by atoms with Gasteiger partial charge in [0.2, 0.25) is 0 Å². The minimum atomic E-state index is -0.870. The van der Waals surface area contributed by atoms with Crippen LogP contribution in [-0.2, 0) is 9.53 Å². The van der Waals surface area contributed by atoms with E-state index in [0.717, 1.165) is 25.0 Å². The van der Waals surface area contributed by atoms with Crippen molar-refractivity contribution >= 4 is 11.9 Å². The van der Waals surface area contributed by atoms with Crippen molar-refractivity contribution in [1.82, 2.24) is 4.90 Å². The Hall–Kier alpha value is -1.82. The second kappa shape index (κ2) is 6.97. The summed E-state index contributed by atoms with van der Waals surface area (Å²) in [5.41, 5.74) is 11.7. The van der Waals surface area contributed by atoms with Crippen molar-refractivity contribution < 1.29 is 9.53 Å². The summed E-state index contributed by atoms with van der Waals surface area (Å²) in [7, 11) is 1.69. The maximum absolute atomic E-state index is 12.8. The molecule has 1 fully saturated rings. The van der Waals surface area contributed by atoms with E-state index in [-0.39, 0.29) is 24.6 Å². The van der Waals surface area contributed by atoms with Crippen molar-refractivity contribution in [2.24, 2.45) is 22.4 Å². The van der Waals surface area contributed by atoms with Crippen LogP contribution in [0.3, 0.4) is 0 Å². The summed E-state index contributed by atoms with van der Waals surface area (Å²) >= 11 is 0. The molecule has 1 saturated carbocycles. The number of hydrogen-bond acceptors (Lipinski definition) is 5. The number of carbonyl (C=O) groups is 1. The number of carbonyl (C=O) groups excluding carboxylic acids is 1. The zero-order chi connectivity index (χ0) is 17.2. The quantitative estimate of drug-likeness (QED) is 0.801. The fourth-order valence-electron chi connectivity index (χ4n) is 3.94. The summed E-state index contributed by atoms with van der Waals surface area (Å²) in [5.74, 6) is 0.757. The third-order valence-corrected chi connectivity index (χ3v) is 5.34. The van der Waals surface area contributed by atoms with Gasteiger partial charge in [-0.2, -0.15) is 0 Å². The first-order valence-electron chi connectivity index (χ1n) is 8.88. The van der Waals surface area contributed by atoms with E-state index in [2.05, 4.69) is 4.99 Å². The third kappa shape index (κ3) is 3.48. The van der Waals surface area contributed by atoms with E-state index >= 15 is 0 Å². The van der Waals surface area contributed by atoms with E-state index in [9.17, 15) is 4.79 Å². The number of aliphatic imine (C=N–C) groups is 1. The van der Waals surface area contributed by atoms with Crippen LogP contribution in [0.15, 0.2) is 28.9 Å². The topological polar surface area (TPSA) is 93.9 Å². The molecule has 1 amide bonds. The minimum absolute atomic E-state index is 0.0473. The predicted octanol–water partition coefficient (Wildman–Crippen LogP) is 1.67. The summed E-state index contributed by atoms with van der Waals surface area (Å²) in [6.07, 6.45) is 13.1. The van der Waals surface area contributed by atoms with Gasteiger partial charge in [0.05, 0.1) is 12.7 Å². The summed E-state index contributed by atoms with van der Waals surface area (Å²) < 4.78 is 6.03. The summed E-state index contributed by atoms with van der Waals surface area (Å²) in [6, 6.07) is 0. The van der Waals surface area contributed by atoms with Gasteiger partial charge in [0.25, 0.3) is 5.91 Å². The molecule has 0 radical (unpaired) electrons. The first-order valence-corrected chi connectivity index (χ1v) is 8.88. The Morgan fingerprint density at radius 1 is 1.33 bits per heavy atom. The van der Waals surface area contributed by atoms with Crippen molar-refractivity contribution in [2.75, 3.05) is 13.7 Å². The van der Waals surface area contributed by atoms with Gasteiger partial charge in [-0.1, -0.05) is 44.3 Å². The highest BCUT2D eigenvalue weighted by molar-refractivity contribution is 6.06. The van der Waals surface area contributed by atoms with Crippen molar-refractivity contribution in [3.05, 3.63) is 23.9 Å². The van der Waals surface area contributed by atoms with Gasteiger partial charge in [0, 0.05) is 19.2 Å². The van der Waals surface area contributed by atoms with Gasteiger partial charge in [-0.25, -0.2) is 4.99 Å². The van der Waals surface area contributed by atoms with Gasteiger partial charge < -0.3 is 16.2 Å². The lowest BCUT2D eigenvalue weighted by atomic mass is 9.79. The maximum atomic E-state index is 12.8. The highest BCUT2D eigenvalue weighted by Crippen LogP contribution is 2.36. The van der Waals surface area contributed by atoms with Gasteiger partial charge in [0.1, 0.15) is 0 Å². The normalized spacial score (nSPS) is 31.3. The molecule has 1 aliphatic heterocycles. The highest BCUT2D eigenvalue weighted by Gasteiger charge is 2.48. The molecule has 6 heteroatoms. The van der Waals surface area contributed by atoms with Gasteiger partial charge in [-0.05, 0) is 18.4 Å². The number of guanidine groups is 1. The van der Waals surface area contributed by atoms with Crippen LogP contribution < -0.4 is 11.5 Å². The molecular weight excluding hydrogens is 304 g/mol. The number of nitrogens with zero attached hydrogens (tertiary/aromatic N) is 2. The van der Waals surface area contributed by atoms with Crippen molar-refractivity contribution in [2.45, 2.75) is 56.6 Å². The number of likely N-dealkylation sites (N-methyl/N-ethyl adjacent to an activating group) is 1. The summed E-state index contributed by atoms with van der Waals surface area (Å²) in [6.45, 7) is 0.260. The standard InChI is InChI=1S/C18H28N4O2/c1-22-16(23)18(21-17(22)20,11-13-6-3-2-4-7-13)12-24-15-9-5-8-14(19)10-15/h5,8-9,13,15H,2-4,6-7,10-12,19H2,1H3,(H2,20,21). The minimum Gasteiger partial charge on any atom is -0.402 e. The molecule has 24 heavy (non-hydrogen) atoms. The Labute approximate surface area is 143 Å². The molecule has 0 aromatic rings. The lowest BCUT2D eigenvalue weighted by molar-refractivity contribution is -0.134. The number of hydrogen-bond donors (Lipinski definition) is 2. The molecule has 4 N–H and O–H groups in total. The molecule has 132 valence electrons. The van der Waals surface area contributed by atoms with Crippen LogP contribution in [-0.4, -0.2) is 42.1 Å². The summed E-state index contributed by atoms with van der Waals surface area (Å²) in [5, 5.41) is 0. The van der Waals surface area contributed by atoms with E-state index in [1.54, 1.807) is 7.05 Å². The molecule has 2 unspecified atom stereocenters. The van der Waals surface area contributed by atoms with E-state index < -0.39 is 5.54 Å². The van der Waals surface area contributed by atoms with Crippen LogP contribution >= 0.6 is 0 Å². The highest BCUT2D eigenvalue weighted by atomic mass is 16.5. The molecule has 3 aliphatic rings. The van der Waals surface area contributed by atoms with Gasteiger partial charge in [-0.15, -0.1) is 0 Å². The average Bonchev–Trinajstić information content (AvgIpc) is 2.78. The molecule has 0 saturated heterocycles. The third-order valence-electron chi connectivity index (χ3n) is 5.34. The smallest absolute Gasteiger partial charge is 0.259 e. The first kappa shape index (κ1) is 17.0. The van der Waals surface area contributed by atoms with Crippen LogP contribution in [0.25, 0.3) is 0 Å². The Morgan fingerprint density at radius 3 is 2.71 bits per heavy atom. The lowest BCUT2D eigenvalue weighted by Gasteiger charge is -2.32. The fraction of sp³-hybridized carbons (Fsp3) is 0.667. The zero-order valence-corrected chi connectivity index (χ0v) is 14.4. The number of ether oxygens (including phenoxy) is 1. The van der Waals surface area contributed by atoms with Crippen LogP contribution in [0.2, 0.25) is 0 Å². The number of allylic oxidation sites excluding steroid dienone is 2. The summed E-state index contributed by atoms with van der Waals surface area (Å²) in [4.78, 5) is 18.9. The predicted molar refractivity (Wildman–Crippen MR) is 94.1 cm³/mol. The molecule has 0 aromatic carbocycles. The van der Waals surface area contributed by atoms with Crippen LogP contribution in [0.1, 0.15) is 44.9 Å². The van der Waals surface area contributed by atoms with Crippen molar-refractivity contribution in [3.63, 3.8) is 0 Å². The van der Waals surface area contributed by atoms with E-state index in [1.165, 1.54) is 24.2 Å². The van der Waals surface area contributed by atoms with Crippen molar-refractivity contribution in [1.29, 1.82) is 0 Å². The van der Waals surface area contributed by atoms with Gasteiger partial charge >= 0.3 is 0 Å². The zero-order valence-electron chi connectivity index (χ0n) is 14.4. The molecule has 2 aliphatic carbocycles. The second-order valence-electron chi connectivity index (χ2n) is 7.25. The molecule has 2 atom stereocenters. The molecule has 6 nitrogen and oxygen atoms in total. The Kier molecular flexibility index (Phi) is 4.94. The average molecular weight is 332 g/mol. The second-order valence-corrected chi connectivity index (χ2v) is 7.25. The fourth-order valence-corrected chi connectivity index (χ4v) is 3.94. The maximum Gasteiger partial charge on any atom is 0.259 e. The van der Waals surface area contributed by atoms with Crippen LogP contribution in [0.4, 0.5) is 0 Å². The molecule has 0 bridgehead atoms. The SMILES string of the molecule is CN1C(=O)C(COC2C=CC=C(N)C2)(CC2CCCCC2)N=C1N. The molecule has 3 rings (SSSR count). The first-order chi connectivity index (χ1) is 11.5. The van der Waals surface area contributed by atoms with E-state index in [0.29, 0.717) is 12.3 Å².